The highest BCUT2D eigenvalue weighted by atomic mass is 35.5. The minimum absolute atomic E-state index is 0.453. The number of hydrogen-bond acceptors (Lipinski definition) is 2. The second-order valence-corrected chi connectivity index (χ2v) is 3.85. The zero-order chi connectivity index (χ0) is 9.14. The van der Waals surface area contributed by atoms with Crippen LogP contribution in [0.25, 0.3) is 0 Å². The van der Waals surface area contributed by atoms with E-state index in [1.54, 1.807) is 24.8 Å². The lowest BCUT2D eigenvalue weighted by atomic mass is 10.1. The van der Waals surface area contributed by atoms with Gasteiger partial charge in [-0.1, -0.05) is 11.6 Å². The Balaban J connectivity index is 3.12. The van der Waals surface area contributed by atoms with Crippen LogP contribution >= 0.6 is 23.4 Å². The molecule has 0 amide bonds. The van der Waals surface area contributed by atoms with Gasteiger partial charge >= 0.3 is 0 Å². The molecule has 0 aromatic heterocycles. The summed E-state index contributed by atoms with van der Waals surface area (Å²) in [5.41, 5.74) is 0.898. The average Bonchev–Trinajstić information content (AvgIpc) is 2.04. The summed E-state index contributed by atoms with van der Waals surface area (Å²) in [4.78, 5) is 1.08. The smallest absolute Gasteiger partial charge is 0.0773 e. The highest BCUT2D eigenvalue weighted by Gasteiger charge is 2.07. The Hall–Kier alpha value is -0.180. The van der Waals surface area contributed by atoms with Crippen LogP contribution in [0.3, 0.4) is 0 Å². The Morgan fingerprint density at radius 2 is 2.17 bits per heavy atom. The van der Waals surface area contributed by atoms with Crippen molar-refractivity contribution in [3.63, 3.8) is 0 Å². The lowest BCUT2D eigenvalue weighted by molar-refractivity contribution is 0.196. The van der Waals surface area contributed by atoms with Gasteiger partial charge in [-0.25, -0.2) is 0 Å². The lowest BCUT2D eigenvalue weighted by Gasteiger charge is -2.09. The molecule has 0 saturated carbocycles. The van der Waals surface area contributed by atoms with Gasteiger partial charge in [-0.05, 0) is 36.9 Å². The van der Waals surface area contributed by atoms with E-state index in [0.717, 1.165) is 10.5 Å². The molecule has 0 saturated heterocycles. The van der Waals surface area contributed by atoms with Gasteiger partial charge in [0.05, 0.1) is 6.10 Å². The Morgan fingerprint density at radius 3 is 2.67 bits per heavy atom. The summed E-state index contributed by atoms with van der Waals surface area (Å²) < 4.78 is 0. The third-order valence-corrected chi connectivity index (χ3v) is 2.69. The Kier molecular flexibility index (Phi) is 3.44. The van der Waals surface area contributed by atoms with Gasteiger partial charge in [0, 0.05) is 9.92 Å². The molecule has 0 radical (unpaired) electrons. The predicted molar refractivity (Wildman–Crippen MR) is 53.9 cm³/mol. The number of aliphatic hydroxyl groups is 1. The quantitative estimate of drug-likeness (QED) is 0.744. The maximum absolute atomic E-state index is 9.39. The largest absolute Gasteiger partial charge is 0.389 e. The number of hydrogen-bond donors (Lipinski definition) is 1. The first kappa shape index (κ1) is 9.90. The molecule has 1 atom stereocenters. The first-order valence-electron chi connectivity index (χ1n) is 3.66. The van der Waals surface area contributed by atoms with Crippen molar-refractivity contribution < 1.29 is 5.11 Å². The van der Waals surface area contributed by atoms with E-state index >= 15 is 0 Å². The van der Waals surface area contributed by atoms with Gasteiger partial charge < -0.3 is 5.11 Å². The maximum Gasteiger partial charge on any atom is 0.0773 e. The third-order valence-electron chi connectivity index (χ3n) is 1.64. The van der Waals surface area contributed by atoms with E-state index in [1.807, 2.05) is 18.4 Å². The Morgan fingerprint density at radius 1 is 1.50 bits per heavy atom. The van der Waals surface area contributed by atoms with Crippen LogP contribution in [0.5, 0.6) is 0 Å². The topological polar surface area (TPSA) is 20.2 Å². The minimum atomic E-state index is -0.453. The van der Waals surface area contributed by atoms with Crippen molar-refractivity contribution in [1.29, 1.82) is 0 Å². The SMILES string of the molecule is CSc1ccc(Cl)cc1[C@@H](C)O. The van der Waals surface area contributed by atoms with Crippen molar-refractivity contribution in [2.24, 2.45) is 0 Å². The van der Waals surface area contributed by atoms with Gasteiger partial charge in [0.1, 0.15) is 0 Å². The summed E-state index contributed by atoms with van der Waals surface area (Å²) in [7, 11) is 0. The first-order chi connectivity index (χ1) is 5.65. The van der Waals surface area contributed by atoms with Crippen LogP contribution in [-0.2, 0) is 0 Å². The molecule has 0 aliphatic heterocycles. The monoisotopic (exact) mass is 202 g/mol. The van der Waals surface area contributed by atoms with Crippen molar-refractivity contribution in [1.82, 2.24) is 0 Å². The highest BCUT2D eigenvalue weighted by molar-refractivity contribution is 7.98. The normalized spacial score (nSPS) is 13.0. The van der Waals surface area contributed by atoms with E-state index in [0.29, 0.717) is 5.02 Å². The highest BCUT2D eigenvalue weighted by Crippen LogP contribution is 2.28. The molecule has 66 valence electrons. The molecule has 1 N–H and O–H groups in total. The fraction of sp³-hybridized carbons (Fsp3) is 0.333. The second kappa shape index (κ2) is 4.17. The van der Waals surface area contributed by atoms with Gasteiger partial charge in [0.2, 0.25) is 0 Å². The number of thioether (sulfide) groups is 1. The predicted octanol–water partition coefficient (Wildman–Crippen LogP) is 3.12. The first-order valence-corrected chi connectivity index (χ1v) is 5.27. The van der Waals surface area contributed by atoms with Crippen molar-refractivity contribution in [3.8, 4) is 0 Å². The molecule has 0 spiro atoms. The third kappa shape index (κ3) is 2.16. The average molecular weight is 203 g/mol. The van der Waals surface area contributed by atoms with Crippen LogP contribution < -0.4 is 0 Å². The molecule has 3 heteroatoms. The number of benzene rings is 1. The summed E-state index contributed by atoms with van der Waals surface area (Å²) in [6.07, 6.45) is 1.53. The van der Waals surface area contributed by atoms with Gasteiger partial charge in [-0.2, -0.15) is 0 Å². The maximum atomic E-state index is 9.39. The van der Waals surface area contributed by atoms with Gasteiger partial charge in [0.25, 0.3) is 0 Å². The molecule has 0 heterocycles. The molecule has 0 unspecified atom stereocenters. The summed E-state index contributed by atoms with van der Waals surface area (Å²) in [6.45, 7) is 1.74. The summed E-state index contributed by atoms with van der Waals surface area (Å²) in [5.74, 6) is 0. The molecular weight excluding hydrogens is 192 g/mol. The molecule has 1 rings (SSSR count). The van der Waals surface area contributed by atoms with E-state index in [1.165, 1.54) is 0 Å². The van der Waals surface area contributed by atoms with E-state index in [2.05, 4.69) is 0 Å². The fourth-order valence-corrected chi connectivity index (χ4v) is 1.88. The molecule has 1 aromatic rings. The van der Waals surface area contributed by atoms with Crippen molar-refractivity contribution in [3.05, 3.63) is 28.8 Å². The lowest BCUT2D eigenvalue weighted by Crippen LogP contribution is -1.93. The summed E-state index contributed by atoms with van der Waals surface area (Å²) in [6, 6.07) is 5.56. The van der Waals surface area contributed by atoms with E-state index < -0.39 is 6.10 Å². The Labute approximate surface area is 81.7 Å². The van der Waals surface area contributed by atoms with Crippen molar-refractivity contribution >= 4 is 23.4 Å². The number of rotatable bonds is 2. The van der Waals surface area contributed by atoms with Gasteiger partial charge in [-0.3, -0.25) is 0 Å². The Bertz CT molecular complexity index is 273. The van der Waals surface area contributed by atoms with Crippen molar-refractivity contribution in [2.75, 3.05) is 6.26 Å². The van der Waals surface area contributed by atoms with E-state index in [4.69, 9.17) is 11.6 Å². The van der Waals surface area contributed by atoms with Crippen LogP contribution in [0.1, 0.15) is 18.6 Å². The van der Waals surface area contributed by atoms with Crippen LogP contribution in [-0.4, -0.2) is 11.4 Å². The second-order valence-electron chi connectivity index (χ2n) is 2.56. The van der Waals surface area contributed by atoms with E-state index in [-0.39, 0.29) is 0 Å². The molecule has 1 aromatic carbocycles. The van der Waals surface area contributed by atoms with Crippen LogP contribution in [0.15, 0.2) is 23.1 Å². The summed E-state index contributed by atoms with van der Waals surface area (Å²) >= 11 is 7.41. The van der Waals surface area contributed by atoms with Crippen LogP contribution in [0.2, 0.25) is 5.02 Å². The summed E-state index contributed by atoms with van der Waals surface area (Å²) in [5, 5.41) is 10.1. The minimum Gasteiger partial charge on any atom is -0.389 e. The van der Waals surface area contributed by atoms with Crippen molar-refractivity contribution in [2.45, 2.75) is 17.9 Å². The number of halogens is 1. The zero-order valence-corrected chi connectivity index (χ0v) is 8.62. The molecule has 0 bridgehead atoms. The standard InChI is InChI=1S/C9H11ClOS/c1-6(11)8-5-7(10)3-4-9(8)12-2/h3-6,11H,1-2H3/t6-/m1/s1. The van der Waals surface area contributed by atoms with Crippen LogP contribution in [0, 0.1) is 0 Å². The molecular formula is C9H11ClOS. The van der Waals surface area contributed by atoms with Crippen LogP contribution in [0.4, 0.5) is 0 Å². The van der Waals surface area contributed by atoms with E-state index in [9.17, 15) is 5.11 Å². The fourth-order valence-electron chi connectivity index (χ4n) is 1.03. The van der Waals surface area contributed by atoms with Gasteiger partial charge in [0.15, 0.2) is 0 Å². The molecule has 1 nitrogen and oxygen atoms in total. The molecule has 0 fully saturated rings. The molecule has 12 heavy (non-hydrogen) atoms. The van der Waals surface area contributed by atoms with Gasteiger partial charge in [-0.15, -0.1) is 11.8 Å². The number of aliphatic hydroxyl groups excluding tert-OH is 1. The molecule has 0 aliphatic carbocycles. The zero-order valence-electron chi connectivity index (χ0n) is 7.04. The molecule has 0 aliphatic rings.